The molecule has 1 heterocycles. The Morgan fingerprint density at radius 3 is 2.05 bits per heavy atom. The van der Waals surface area contributed by atoms with Gasteiger partial charge in [-0.05, 0) is 71.5 Å². The summed E-state index contributed by atoms with van der Waals surface area (Å²) in [6.45, 7) is 1.07. The summed E-state index contributed by atoms with van der Waals surface area (Å²) in [6.07, 6.45) is 0. The van der Waals surface area contributed by atoms with Crippen molar-refractivity contribution in [3.05, 3.63) is 94.1 Å². The summed E-state index contributed by atoms with van der Waals surface area (Å²) < 4.78 is 56.6. The van der Waals surface area contributed by atoms with Gasteiger partial charge in [0.1, 0.15) is 6.04 Å². The second-order valence-electron chi connectivity index (χ2n) is 8.30. The lowest BCUT2D eigenvalue weighted by molar-refractivity contribution is -0.125. The highest BCUT2D eigenvalue weighted by Gasteiger charge is 2.43. The summed E-state index contributed by atoms with van der Waals surface area (Å²) >= 11 is 2.17. The van der Waals surface area contributed by atoms with Crippen molar-refractivity contribution in [3.8, 4) is 0 Å². The van der Waals surface area contributed by atoms with Crippen LogP contribution in [0.4, 0.5) is 0 Å². The Hall–Kier alpha value is -2.65. The van der Waals surface area contributed by atoms with E-state index >= 15 is 0 Å². The van der Waals surface area contributed by atoms with Crippen LogP contribution in [-0.2, 0) is 24.8 Å². The average Bonchev–Trinajstić information content (AvgIpc) is 2.92. The lowest BCUT2D eigenvalue weighted by atomic mass is 10.1. The molecule has 12 heteroatoms. The molecule has 1 aliphatic heterocycles. The minimum absolute atomic E-state index is 0.0192. The number of benzene rings is 3. The maximum atomic E-state index is 13.5. The summed E-state index contributed by atoms with van der Waals surface area (Å²) in [5, 5.41) is 4.17. The standard InChI is InChI=1S/C25H25IN4O5S2/c1-19(20-9-8-10-21(26)17-20)27-28-25(31)24-18-29(36(32,33)22-11-4-2-5-12-22)15-16-30(24)37(34,35)23-13-6-3-7-14-23/h2-14,17,24H,15-16,18H2,1H3,(H,28,31)/b27-19-/t24-/m1/s1. The third kappa shape index (κ3) is 6.09. The van der Waals surface area contributed by atoms with Gasteiger partial charge in [0, 0.05) is 23.2 Å². The van der Waals surface area contributed by atoms with E-state index in [9.17, 15) is 21.6 Å². The van der Waals surface area contributed by atoms with Gasteiger partial charge in [0.2, 0.25) is 20.0 Å². The predicted octanol–water partition coefficient (Wildman–Crippen LogP) is 2.90. The van der Waals surface area contributed by atoms with Crippen LogP contribution in [0.3, 0.4) is 0 Å². The number of nitrogens with one attached hydrogen (secondary N) is 1. The van der Waals surface area contributed by atoms with Crippen molar-refractivity contribution in [2.75, 3.05) is 19.6 Å². The van der Waals surface area contributed by atoms with Gasteiger partial charge in [-0.25, -0.2) is 22.3 Å². The third-order valence-electron chi connectivity index (χ3n) is 5.90. The minimum Gasteiger partial charge on any atom is -0.271 e. The fourth-order valence-electron chi connectivity index (χ4n) is 3.92. The lowest BCUT2D eigenvalue weighted by Gasteiger charge is -2.38. The molecule has 0 bridgehead atoms. The Morgan fingerprint density at radius 1 is 0.865 bits per heavy atom. The van der Waals surface area contributed by atoms with E-state index in [1.165, 1.54) is 24.3 Å². The van der Waals surface area contributed by atoms with Gasteiger partial charge in [-0.15, -0.1) is 0 Å². The monoisotopic (exact) mass is 652 g/mol. The molecule has 0 aliphatic carbocycles. The molecule has 1 N–H and O–H groups in total. The molecule has 1 atom stereocenters. The summed E-state index contributed by atoms with van der Waals surface area (Å²) in [6, 6.07) is 21.8. The van der Waals surface area contributed by atoms with E-state index in [4.69, 9.17) is 0 Å². The van der Waals surface area contributed by atoms with Gasteiger partial charge in [-0.2, -0.15) is 13.7 Å². The number of amides is 1. The first-order chi connectivity index (χ1) is 17.6. The average molecular weight is 653 g/mol. The van der Waals surface area contributed by atoms with Crippen molar-refractivity contribution >= 4 is 54.3 Å². The molecule has 3 aromatic rings. The van der Waals surface area contributed by atoms with Gasteiger partial charge in [-0.3, -0.25) is 4.79 Å². The van der Waals surface area contributed by atoms with Crippen LogP contribution >= 0.6 is 22.6 Å². The molecule has 1 aliphatic rings. The zero-order valence-electron chi connectivity index (χ0n) is 19.9. The fourth-order valence-corrected chi connectivity index (χ4v) is 7.51. The third-order valence-corrected chi connectivity index (χ3v) is 10.4. The quantitative estimate of drug-likeness (QED) is 0.240. The van der Waals surface area contributed by atoms with Crippen LogP contribution in [0.25, 0.3) is 0 Å². The van der Waals surface area contributed by atoms with E-state index in [2.05, 4.69) is 33.1 Å². The summed E-state index contributed by atoms with van der Waals surface area (Å²) in [4.78, 5) is 13.4. The van der Waals surface area contributed by atoms with Crippen molar-refractivity contribution in [1.29, 1.82) is 0 Å². The van der Waals surface area contributed by atoms with Crippen LogP contribution in [0.1, 0.15) is 12.5 Å². The van der Waals surface area contributed by atoms with E-state index < -0.39 is 32.0 Å². The summed E-state index contributed by atoms with van der Waals surface area (Å²) in [7, 11) is -8.03. The smallest absolute Gasteiger partial charge is 0.259 e. The normalized spacial score (nSPS) is 17.9. The second kappa shape index (κ2) is 11.4. The fraction of sp³-hybridized carbons (Fsp3) is 0.200. The Bertz CT molecular complexity index is 1510. The molecule has 37 heavy (non-hydrogen) atoms. The first-order valence-corrected chi connectivity index (χ1v) is 15.3. The van der Waals surface area contributed by atoms with Gasteiger partial charge in [0.05, 0.1) is 15.5 Å². The van der Waals surface area contributed by atoms with E-state index in [0.717, 1.165) is 17.7 Å². The number of halogens is 1. The van der Waals surface area contributed by atoms with Crippen LogP contribution in [0.15, 0.2) is 99.8 Å². The Kier molecular flexibility index (Phi) is 8.43. The number of rotatable bonds is 7. The molecule has 0 unspecified atom stereocenters. The highest BCUT2D eigenvalue weighted by Crippen LogP contribution is 2.25. The van der Waals surface area contributed by atoms with Gasteiger partial charge in [-0.1, -0.05) is 48.5 Å². The SMILES string of the molecule is C/C(=N/NC(=O)[C@H]1CN(S(=O)(=O)c2ccccc2)CCN1S(=O)(=O)c1ccccc1)c1cccc(I)c1. The summed E-state index contributed by atoms with van der Waals surface area (Å²) in [5.74, 6) is -0.725. The maximum Gasteiger partial charge on any atom is 0.259 e. The Balaban J connectivity index is 1.65. The van der Waals surface area contributed by atoms with Crippen LogP contribution < -0.4 is 5.43 Å². The first kappa shape index (κ1) is 27.4. The number of carbonyl (C=O) groups excluding carboxylic acids is 1. The number of sulfonamides is 2. The van der Waals surface area contributed by atoms with Crippen LogP contribution in [-0.4, -0.2) is 62.7 Å². The molecule has 3 aromatic carbocycles. The van der Waals surface area contributed by atoms with Crippen molar-refractivity contribution < 1.29 is 21.6 Å². The van der Waals surface area contributed by atoms with E-state index in [1.807, 2.05) is 24.3 Å². The molecule has 4 rings (SSSR count). The van der Waals surface area contributed by atoms with Crippen molar-refractivity contribution in [1.82, 2.24) is 14.0 Å². The van der Waals surface area contributed by atoms with Gasteiger partial charge in [0.25, 0.3) is 5.91 Å². The number of hydrazone groups is 1. The maximum absolute atomic E-state index is 13.5. The second-order valence-corrected chi connectivity index (χ2v) is 13.4. The van der Waals surface area contributed by atoms with Gasteiger partial charge >= 0.3 is 0 Å². The van der Waals surface area contributed by atoms with E-state index in [-0.39, 0.29) is 29.4 Å². The number of nitrogens with zero attached hydrogens (tertiary/aromatic N) is 3. The van der Waals surface area contributed by atoms with E-state index in [0.29, 0.717) is 5.71 Å². The summed E-state index contributed by atoms with van der Waals surface area (Å²) in [5.41, 5.74) is 3.77. The highest BCUT2D eigenvalue weighted by atomic mass is 127. The molecule has 1 amide bonds. The molecule has 1 fully saturated rings. The molecule has 9 nitrogen and oxygen atoms in total. The Morgan fingerprint density at radius 2 is 1.46 bits per heavy atom. The molecular weight excluding hydrogens is 627 g/mol. The van der Waals surface area contributed by atoms with Crippen LogP contribution in [0, 0.1) is 3.57 Å². The molecule has 0 spiro atoms. The van der Waals surface area contributed by atoms with E-state index in [1.54, 1.807) is 43.3 Å². The topological polar surface area (TPSA) is 116 Å². The highest BCUT2D eigenvalue weighted by molar-refractivity contribution is 14.1. The first-order valence-electron chi connectivity index (χ1n) is 11.3. The number of hydrogen-bond donors (Lipinski definition) is 1. The molecule has 0 radical (unpaired) electrons. The van der Waals surface area contributed by atoms with Gasteiger partial charge in [0.15, 0.2) is 0 Å². The largest absolute Gasteiger partial charge is 0.271 e. The van der Waals surface area contributed by atoms with Crippen molar-refractivity contribution in [2.45, 2.75) is 22.8 Å². The zero-order valence-corrected chi connectivity index (χ0v) is 23.6. The lowest BCUT2D eigenvalue weighted by Crippen LogP contribution is -2.60. The van der Waals surface area contributed by atoms with Gasteiger partial charge < -0.3 is 0 Å². The molecular formula is C25H25IN4O5S2. The van der Waals surface area contributed by atoms with Crippen molar-refractivity contribution in [3.63, 3.8) is 0 Å². The Labute approximate surface area is 230 Å². The molecule has 0 aromatic heterocycles. The predicted molar refractivity (Wildman–Crippen MR) is 149 cm³/mol. The number of carbonyl (C=O) groups is 1. The molecule has 194 valence electrons. The van der Waals surface area contributed by atoms with Crippen molar-refractivity contribution in [2.24, 2.45) is 5.10 Å². The van der Waals surface area contributed by atoms with Crippen LogP contribution in [0.2, 0.25) is 0 Å². The molecule has 1 saturated heterocycles. The minimum atomic E-state index is -4.08. The molecule has 0 saturated carbocycles. The number of hydrogen-bond acceptors (Lipinski definition) is 6. The number of piperazine rings is 1. The zero-order chi connectivity index (χ0) is 26.6. The van der Waals surface area contributed by atoms with Crippen LogP contribution in [0.5, 0.6) is 0 Å².